The molecule has 4 rings (SSSR count). The molecule has 1 aliphatic rings. The lowest BCUT2D eigenvalue weighted by molar-refractivity contribution is 0.112. The summed E-state index contributed by atoms with van der Waals surface area (Å²) in [6, 6.07) is 11.5. The number of carbonyl (C=O) groups is 1. The van der Waals surface area contributed by atoms with Gasteiger partial charge in [0.15, 0.2) is 6.29 Å². The SMILES string of the molecule is Cc1c(-c2ccc(CO)cc2)ccn2c(=O)c(C=O)cc(C3CC3)c12. The van der Waals surface area contributed by atoms with Gasteiger partial charge in [0.1, 0.15) is 0 Å². The van der Waals surface area contributed by atoms with Gasteiger partial charge in [0.2, 0.25) is 0 Å². The van der Waals surface area contributed by atoms with Crippen molar-refractivity contribution in [2.75, 3.05) is 0 Å². The Bertz CT molecular complexity index is 1030. The van der Waals surface area contributed by atoms with E-state index in [9.17, 15) is 14.7 Å². The quantitative estimate of drug-likeness (QED) is 0.744. The summed E-state index contributed by atoms with van der Waals surface area (Å²) in [5.41, 5.74) is 5.98. The molecule has 0 unspecified atom stereocenters. The normalized spacial score (nSPS) is 14.0. The van der Waals surface area contributed by atoms with Crippen molar-refractivity contribution < 1.29 is 9.90 Å². The zero-order valence-corrected chi connectivity index (χ0v) is 14.0. The summed E-state index contributed by atoms with van der Waals surface area (Å²) in [6.07, 6.45) is 4.61. The van der Waals surface area contributed by atoms with Crippen LogP contribution in [0.3, 0.4) is 0 Å². The molecule has 0 bridgehead atoms. The van der Waals surface area contributed by atoms with E-state index in [-0.39, 0.29) is 17.7 Å². The van der Waals surface area contributed by atoms with Crippen LogP contribution < -0.4 is 5.56 Å². The molecule has 0 spiro atoms. The smallest absolute Gasteiger partial charge is 0.265 e. The number of aliphatic hydroxyl groups excluding tert-OH is 1. The van der Waals surface area contributed by atoms with Gasteiger partial charge < -0.3 is 5.11 Å². The fraction of sp³-hybridized carbons (Fsp3) is 0.238. The van der Waals surface area contributed by atoms with Crippen molar-refractivity contribution >= 4 is 11.8 Å². The number of aldehydes is 1. The van der Waals surface area contributed by atoms with Gasteiger partial charge in [-0.1, -0.05) is 24.3 Å². The molecule has 3 aromatic rings. The van der Waals surface area contributed by atoms with Gasteiger partial charge in [0.05, 0.1) is 17.7 Å². The number of benzene rings is 1. The van der Waals surface area contributed by atoms with E-state index in [1.54, 1.807) is 16.7 Å². The van der Waals surface area contributed by atoms with Gasteiger partial charge in [0, 0.05) is 6.20 Å². The average Bonchev–Trinajstić information content (AvgIpc) is 3.48. The highest BCUT2D eigenvalue weighted by Gasteiger charge is 2.28. The topological polar surface area (TPSA) is 58.8 Å². The summed E-state index contributed by atoms with van der Waals surface area (Å²) >= 11 is 0. The minimum atomic E-state index is -0.264. The molecule has 0 saturated heterocycles. The van der Waals surface area contributed by atoms with Gasteiger partial charge in [-0.3, -0.25) is 14.0 Å². The first-order valence-corrected chi connectivity index (χ1v) is 8.48. The lowest BCUT2D eigenvalue weighted by Crippen LogP contribution is -2.20. The van der Waals surface area contributed by atoms with Gasteiger partial charge in [-0.2, -0.15) is 0 Å². The van der Waals surface area contributed by atoms with Crippen LogP contribution in [-0.2, 0) is 6.61 Å². The molecule has 1 aliphatic carbocycles. The predicted molar refractivity (Wildman–Crippen MR) is 97.1 cm³/mol. The molecule has 4 nitrogen and oxygen atoms in total. The number of pyridine rings is 2. The number of aromatic nitrogens is 1. The molecular formula is C21H19NO3. The highest BCUT2D eigenvalue weighted by atomic mass is 16.3. The van der Waals surface area contributed by atoms with E-state index in [2.05, 4.69) is 0 Å². The first-order chi connectivity index (χ1) is 12.1. The van der Waals surface area contributed by atoms with Crippen LogP contribution in [0.4, 0.5) is 0 Å². The number of hydrogen-bond donors (Lipinski definition) is 1. The largest absolute Gasteiger partial charge is 0.392 e. The minimum absolute atomic E-state index is 0.0205. The third-order valence-electron chi connectivity index (χ3n) is 5.03. The van der Waals surface area contributed by atoms with Crippen LogP contribution in [0.15, 0.2) is 47.4 Å². The van der Waals surface area contributed by atoms with Crippen LogP contribution in [-0.4, -0.2) is 15.8 Å². The molecule has 126 valence electrons. The van der Waals surface area contributed by atoms with Crippen molar-refractivity contribution in [1.29, 1.82) is 0 Å². The highest BCUT2D eigenvalue weighted by Crippen LogP contribution is 2.43. The molecule has 0 radical (unpaired) electrons. The Morgan fingerprint density at radius 1 is 1.20 bits per heavy atom. The minimum Gasteiger partial charge on any atom is -0.392 e. The lowest BCUT2D eigenvalue weighted by Gasteiger charge is -2.15. The van der Waals surface area contributed by atoms with Crippen molar-refractivity contribution in [1.82, 2.24) is 4.40 Å². The summed E-state index contributed by atoms with van der Waals surface area (Å²) in [6.45, 7) is 2.04. The summed E-state index contributed by atoms with van der Waals surface area (Å²) in [5.74, 6) is 0.431. The van der Waals surface area contributed by atoms with Gasteiger partial charge in [0.25, 0.3) is 5.56 Å². The Hall–Kier alpha value is -2.72. The summed E-state index contributed by atoms with van der Waals surface area (Å²) in [4.78, 5) is 23.8. The van der Waals surface area contributed by atoms with Crippen LogP contribution in [0.5, 0.6) is 0 Å². The summed E-state index contributed by atoms with van der Waals surface area (Å²) in [7, 11) is 0. The van der Waals surface area contributed by atoms with E-state index in [4.69, 9.17) is 0 Å². The second-order valence-electron chi connectivity index (χ2n) is 6.68. The Balaban J connectivity index is 1.99. The van der Waals surface area contributed by atoms with Crippen molar-refractivity contribution in [3.05, 3.63) is 75.2 Å². The number of nitrogens with zero attached hydrogens (tertiary/aromatic N) is 1. The number of carbonyl (C=O) groups excluding carboxylic acids is 1. The van der Waals surface area contributed by atoms with E-state index < -0.39 is 0 Å². The molecule has 1 aromatic carbocycles. The fourth-order valence-corrected chi connectivity index (χ4v) is 3.51. The van der Waals surface area contributed by atoms with Crippen LogP contribution in [0.1, 0.15) is 45.8 Å². The first-order valence-electron chi connectivity index (χ1n) is 8.48. The predicted octanol–water partition coefficient (Wildman–Crippen LogP) is 3.46. The van der Waals surface area contributed by atoms with Crippen LogP contribution in [0, 0.1) is 6.92 Å². The Kier molecular flexibility index (Phi) is 3.77. The second kappa shape index (κ2) is 5.97. The maximum absolute atomic E-state index is 12.5. The Morgan fingerprint density at radius 3 is 2.52 bits per heavy atom. The standard InChI is InChI=1S/C21H19NO3/c1-13-18(15-4-2-14(11-23)3-5-15)8-9-22-20(13)19(16-6-7-16)10-17(12-24)21(22)25/h2-5,8-10,12,16,23H,6-7,11H2,1H3. The Morgan fingerprint density at radius 2 is 1.92 bits per heavy atom. The van der Waals surface area contributed by atoms with E-state index in [0.29, 0.717) is 12.2 Å². The number of fused-ring (bicyclic) bond motifs is 1. The van der Waals surface area contributed by atoms with E-state index in [0.717, 1.165) is 46.2 Å². The van der Waals surface area contributed by atoms with Crippen LogP contribution in [0.2, 0.25) is 0 Å². The molecule has 0 atom stereocenters. The molecular weight excluding hydrogens is 314 g/mol. The maximum atomic E-state index is 12.5. The fourth-order valence-electron chi connectivity index (χ4n) is 3.51. The average molecular weight is 333 g/mol. The second-order valence-corrected chi connectivity index (χ2v) is 6.68. The van der Waals surface area contributed by atoms with Crippen molar-refractivity contribution in [2.45, 2.75) is 32.3 Å². The summed E-state index contributed by atoms with van der Waals surface area (Å²) in [5, 5.41) is 9.21. The molecule has 1 saturated carbocycles. The lowest BCUT2D eigenvalue weighted by atomic mass is 9.96. The summed E-state index contributed by atoms with van der Waals surface area (Å²) < 4.78 is 1.61. The monoisotopic (exact) mass is 333 g/mol. The molecule has 0 aliphatic heterocycles. The van der Waals surface area contributed by atoms with Gasteiger partial charge >= 0.3 is 0 Å². The maximum Gasteiger partial charge on any atom is 0.265 e. The zero-order valence-electron chi connectivity index (χ0n) is 14.0. The van der Waals surface area contributed by atoms with Crippen molar-refractivity contribution in [2.24, 2.45) is 0 Å². The number of hydrogen-bond acceptors (Lipinski definition) is 3. The highest BCUT2D eigenvalue weighted by molar-refractivity contribution is 5.81. The molecule has 4 heteroatoms. The van der Waals surface area contributed by atoms with E-state index in [1.165, 1.54) is 0 Å². The first kappa shape index (κ1) is 15.8. The van der Waals surface area contributed by atoms with Crippen LogP contribution >= 0.6 is 0 Å². The zero-order chi connectivity index (χ0) is 17.6. The number of rotatable bonds is 4. The van der Waals surface area contributed by atoms with Crippen LogP contribution in [0.25, 0.3) is 16.6 Å². The molecule has 2 heterocycles. The molecule has 25 heavy (non-hydrogen) atoms. The molecule has 1 fully saturated rings. The van der Waals surface area contributed by atoms with Gasteiger partial charge in [-0.15, -0.1) is 0 Å². The van der Waals surface area contributed by atoms with Crippen molar-refractivity contribution in [3.8, 4) is 11.1 Å². The third-order valence-corrected chi connectivity index (χ3v) is 5.03. The molecule has 2 aromatic heterocycles. The molecule has 1 N–H and O–H groups in total. The Labute approximate surface area is 145 Å². The third kappa shape index (κ3) is 2.59. The molecule has 0 amide bonds. The van der Waals surface area contributed by atoms with Gasteiger partial charge in [-0.05, 0) is 65.6 Å². The van der Waals surface area contributed by atoms with E-state index >= 15 is 0 Å². The van der Waals surface area contributed by atoms with Crippen molar-refractivity contribution in [3.63, 3.8) is 0 Å². The number of aliphatic hydroxyl groups is 1. The van der Waals surface area contributed by atoms with E-state index in [1.807, 2.05) is 37.3 Å². The number of aryl methyl sites for hydroxylation is 1. The van der Waals surface area contributed by atoms with Gasteiger partial charge in [-0.25, -0.2) is 0 Å².